The summed E-state index contributed by atoms with van der Waals surface area (Å²) in [6, 6.07) is 1.63. The molecule has 6 heteroatoms. The molecule has 0 fully saturated rings. The predicted octanol–water partition coefficient (Wildman–Crippen LogP) is 1.94. The van der Waals surface area contributed by atoms with Crippen LogP contribution in [0.2, 0.25) is 0 Å². The van der Waals surface area contributed by atoms with Crippen LogP contribution in [-0.4, -0.2) is 19.5 Å². The molecule has 1 aromatic rings. The van der Waals surface area contributed by atoms with Crippen LogP contribution in [0, 0.1) is 0 Å². The van der Waals surface area contributed by atoms with Crippen LogP contribution in [0.4, 0.5) is 0 Å². The topological polar surface area (TPSA) is 51.1 Å². The van der Waals surface area contributed by atoms with E-state index >= 15 is 0 Å². The van der Waals surface area contributed by atoms with E-state index < -0.39 is 10.0 Å². The van der Waals surface area contributed by atoms with Crippen molar-refractivity contribution in [3.05, 3.63) is 18.0 Å². The molecule has 0 aromatic carbocycles. The van der Waals surface area contributed by atoms with Gasteiger partial charge >= 0.3 is 0 Å². The van der Waals surface area contributed by atoms with Gasteiger partial charge in [0.15, 0.2) is 0 Å². The molecule has 0 spiro atoms. The molecule has 1 aromatic heterocycles. The molecule has 0 amide bonds. The number of sulfonamides is 1. The van der Waals surface area contributed by atoms with Crippen LogP contribution in [0.25, 0.3) is 0 Å². The SMILES string of the molecule is CCCn1cc(S(=O)(=O)NCC)cc1CCl. The number of hydrogen-bond acceptors (Lipinski definition) is 2. The van der Waals surface area contributed by atoms with E-state index in [0.717, 1.165) is 18.7 Å². The number of halogens is 1. The Morgan fingerprint density at radius 3 is 2.62 bits per heavy atom. The Balaban J connectivity index is 3.07. The standard InChI is InChI=1S/C10H17ClN2O2S/c1-3-5-13-8-10(6-9(13)7-11)16(14,15)12-4-2/h6,8,12H,3-5,7H2,1-2H3. The van der Waals surface area contributed by atoms with Crippen molar-refractivity contribution in [1.82, 2.24) is 9.29 Å². The zero-order chi connectivity index (χ0) is 12.2. The summed E-state index contributed by atoms with van der Waals surface area (Å²) in [4.78, 5) is 0.290. The summed E-state index contributed by atoms with van der Waals surface area (Å²) in [7, 11) is -3.37. The second kappa shape index (κ2) is 5.70. The van der Waals surface area contributed by atoms with Crippen LogP contribution < -0.4 is 4.72 Å². The monoisotopic (exact) mass is 264 g/mol. The smallest absolute Gasteiger partial charge is 0.242 e. The first kappa shape index (κ1) is 13.5. The Morgan fingerprint density at radius 1 is 1.44 bits per heavy atom. The number of aryl methyl sites for hydroxylation is 1. The van der Waals surface area contributed by atoms with Gasteiger partial charge in [0.1, 0.15) is 0 Å². The lowest BCUT2D eigenvalue weighted by molar-refractivity contribution is 0.583. The minimum atomic E-state index is -3.37. The number of rotatable bonds is 6. The summed E-state index contributed by atoms with van der Waals surface area (Å²) < 4.78 is 27.8. The zero-order valence-electron chi connectivity index (χ0n) is 9.53. The summed E-state index contributed by atoms with van der Waals surface area (Å²) >= 11 is 5.77. The zero-order valence-corrected chi connectivity index (χ0v) is 11.1. The third kappa shape index (κ3) is 2.99. The van der Waals surface area contributed by atoms with Crippen LogP contribution in [0.1, 0.15) is 26.0 Å². The summed E-state index contributed by atoms with van der Waals surface area (Å²) in [6.45, 7) is 4.96. The first-order valence-corrected chi connectivity index (χ1v) is 7.31. The molecule has 0 aliphatic rings. The maximum atomic E-state index is 11.8. The van der Waals surface area contributed by atoms with E-state index in [-0.39, 0.29) is 0 Å². The molecule has 4 nitrogen and oxygen atoms in total. The molecule has 1 N–H and O–H groups in total. The first-order valence-electron chi connectivity index (χ1n) is 5.29. The van der Waals surface area contributed by atoms with Crippen molar-refractivity contribution in [3.63, 3.8) is 0 Å². The molecule has 0 unspecified atom stereocenters. The largest absolute Gasteiger partial charge is 0.349 e. The van der Waals surface area contributed by atoms with Gasteiger partial charge in [0.05, 0.1) is 10.8 Å². The lowest BCUT2D eigenvalue weighted by Crippen LogP contribution is -2.22. The normalized spacial score (nSPS) is 11.9. The van der Waals surface area contributed by atoms with E-state index in [2.05, 4.69) is 4.72 Å². The molecule has 0 saturated heterocycles. The maximum absolute atomic E-state index is 11.8. The highest BCUT2D eigenvalue weighted by molar-refractivity contribution is 7.89. The first-order chi connectivity index (χ1) is 7.55. The minimum Gasteiger partial charge on any atom is -0.349 e. The summed E-state index contributed by atoms with van der Waals surface area (Å²) in [5.74, 6) is 0.321. The molecule has 0 saturated carbocycles. The summed E-state index contributed by atoms with van der Waals surface area (Å²) in [5, 5.41) is 0. The van der Waals surface area contributed by atoms with Gasteiger partial charge in [-0.05, 0) is 12.5 Å². The lowest BCUT2D eigenvalue weighted by atomic mass is 10.4. The summed E-state index contributed by atoms with van der Waals surface area (Å²) in [6.07, 6.45) is 2.58. The van der Waals surface area contributed by atoms with Gasteiger partial charge in [0.25, 0.3) is 0 Å². The number of nitrogens with zero attached hydrogens (tertiary/aromatic N) is 1. The molecule has 16 heavy (non-hydrogen) atoms. The average molecular weight is 265 g/mol. The van der Waals surface area contributed by atoms with E-state index in [0.29, 0.717) is 17.3 Å². The molecule has 0 atom stereocenters. The fraction of sp³-hybridized carbons (Fsp3) is 0.600. The van der Waals surface area contributed by atoms with Gasteiger partial charge in [-0.1, -0.05) is 13.8 Å². The van der Waals surface area contributed by atoms with Gasteiger partial charge in [0.2, 0.25) is 10.0 Å². The van der Waals surface area contributed by atoms with Gasteiger partial charge in [-0.3, -0.25) is 0 Å². The molecule has 0 bridgehead atoms. The second-order valence-electron chi connectivity index (χ2n) is 3.50. The second-order valence-corrected chi connectivity index (χ2v) is 5.53. The molecule has 0 aliphatic carbocycles. The number of nitrogens with one attached hydrogen (secondary N) is 1. The molecule has 1 rings (SSSR count). The summed E-state index contributed by atoms with van der Waals surface area (Å²) in [5.41, 5.74) is 0.833. The van der Waals surface area contributed by atoms with Crippen LogP contribution in [0.3, 0.4) is 0 Å². The highest BCUT2D eigenvalue weighted by atomic mass is 35.5. The van der Waals surface area contributed by atoms with E-state index in [1.165, 1.54) is 0 Å². The Morgan fingerprint density at radius 2 is 2.12 bits per heavy atom. The van der Waals surface area contributed by atoms with Crippen molar-refractivity contribution >= 4 is 21.6 Å². The fourth-order valence-electron chi connectivity index (χ4n) is 1.51. The number of alkyl halides is 1. The van der Waals surface area contributed by atoms with E-state index in [9.17, 15) is 8.42 Å². The van der Waals surface area contributed by atoms with Gasteiger partial charge in [-0.2, -0.15) is 0 Å². The van der Waals surface area contributed by atoms with Crippen molar-refractivity contribution in [2.45, 2.75) is 37.6 Å². The number of aromatic nitrogens is 1. The van der Waals surface area contributed by atoms with Crippen molar-refractivity contribution in [2.24, 2.45) is 0 Å². The molecule has 0 aliphatic heterocycles. The predicted molar refractivity (Wildman–Crippen MR) is 65.1 cm³/mol. The highest BCUT2D eigenvalue weighted by Crippen LogP contribution is 2.16. The lowest BCUT2D eigenvalue weighted by Gasteiger charge is -2.03. The molecule has 92 valence electrons. The van der Waals surface area contributed by atoms with Crippen LogP contribution in [0.15, 0.2) is 17.2 Å². The molecule has 1 heterocycles. The molecular formula is C10H17ClN2O2S. The van der Waals surface area contributed by atoms with Crippen LogP contribution in [-0.2, 0) is 22.4 Å². The van der Waals surface area contributed by atoms with Crippen LogP contribution >= 0.6 is 11.6 Å². The Hall–Kier alpha value is -0.520. The van der Waals surface area contributed by atoms with Crippen LogP contribution in [0.5, 0.6) is 0 Å². The Kier molecular flexibility index (Phi) is 4.83. The quantitative estimate of drug-likeness (QED) is 0.799. The Bertz CT molecular complexity index is 440. The van der Waals surface area contributed by atoms with Crippen molar-refractivity contribution in [1.29, 1.82) is 0 Å². The minimum absolute atomic E-state index is 0.290. The van der Waals surface area contributed by atoms with Gasteiger partial charge < -0.3 is 4.57 Å². The Labute approximate surface area is 102 Å². The maximum Gasteiger partial charge on any atom is 0.242 e. The van der Waals surface area contributed by atoms with Crippen molar-refractivity contribution < 1.29 is 8.42 Å². The highest BCUT2D eigenvalue weighted by Gasteiger charge is 2.16. The third-order valence-corrected chi connectivity index (χ3v) is 3.99. The molecular weight excluding hydrogens is 248 g/mol. The fourth-order valence-corrected chi connectivity index (χ4v) is 2.84. The van der Waals surface area contributed by atoms with Gasteiger partial charge in [0, 0.05) is 25.0 Å². The van der Waals surface area contributed by atoms with Crippen molar-refractivity contribution in [2.75, 3.05) is 6.54 Å². The van der Waals surface area contributed by atoms with Gasteiger partial charge in [-0.25, -0.2) is 13.1 Å². The third-order valence-electron chi connectivity index (χ3n) is 2.21. The van der Waals surface area contributed by atoms with E-state index in [4.69, 9.17) is 11.6 Å². The van der Waals surface area contributed by atoms with E-state index in [1.54, 1.807) is 19.2 Å². The van der Waals surface area contributed by atoms with E-state index in [1.807, 2.05) is 11.5 Å². The van der Waals surface area contributed by atoms with Gasteiger partial charge in [-0.15, -0.1) is 11.6 Å². The van der Waals surface area contributed by atoms with Crippen molar-refractivity contribution in [3.8, 4) is 0 Å². The number of hydrogen-bond donors (Lipinski definition) is 1. The average Bonchev–Trinajstić information content (AvgIpc) is 2.62. The molecule has 0 radical (unpaired) electrons.